The second-order valence-electron chi connectivity index (χ2n) is 4.51. The van der Waals surface area contributed by atoms with Crippen molar-refractivity contribution in [2.75, 3.05) is 0 Å². The van der Waals surface area contributed by atoms with Gasteiger partial charge >= 0.3 is 5.97 Å². The number of hydrogen-bond acceptors (Lipinski definition) is 4. The molecule has 0 saturated carbocycles. The number of allylic oxidation sites excluding steroid dienone is 3. The van der Waals surface area contributed by atoms with Gasteiger partial charge in [-0.2, -0.15) is 0 Å². The van der Waals surface area contributed by atoms with Gasteiger partial charge in [0.15, 0.2) is 5.78 Å². The van der Waals surface area contributed by atoms with Crippen molar-refractivity contribution in [2.24, 2.45) is 0 Å². The van der Waals surface area contributed by atoms with E-state index in [0.717, 1.165) is 12.8 Å². The first-order chi connectivity index (χ1) is 8.58. The van der Waals surface area contributed by atoms with Crippen LogP contribution in [0, 0.1) is 0 Å². The summed E-state index contributed by atoms with van der Waals surface area (Å²) in [6, 6.07) is 0. The number of carbonyl (C=O) groups is 2. The van der Waals surface area contributed by atoms with Crippen LogP contribution < -0.4 is 0 Å². The number of hydrogen-bond donors (Lipinski definition) is 1. The maximum absolute atomic E-state index is 11.4. The number of rotatable bonds is 0. The predicted molar refractivity (Wildman–Crippen MR) is 67.9 cm³/mol. The molecule has 1 heterocycles. The van der Waals surface area contributed by atoms with Crippen molar-refractivity contribution in [1.29, 1.82) is 0 Å². The Morgan fingerprint density at radius 1 is 1.22 bits per heavy atom. The van der Waals surface area contributed by atoms with Gasteiger partial charge in [-0.05, 0) is 32.3 Å². The van der Waals surface area contributed by atoms with Gasteiger partial charge in [0.25, 0.3) is 0 Å². The molecule has 0 radical (unpaired) electrons. The molecule has 1 rings (SSSR count). The van der Waals surface area contributed by atoms with Gasteiger partial charge in [-0.25, -0.2) is 0 Å². The van der Waals surface area contributed by atoms with E-state index in [2.05, 4.69) is 0 Å². The zero-order valence-corrected chi connectivity index (χ0v) is 10.7. The average Bonchev–Trinajstić information content (AvgIpc) is 2.31. The van der Waals surface area contributed by atoms with Crippen molar-refractivity contribution in [1.82, 2.24) is 0 Å². The number of ketones is 1. The fourth-order valence-electron chi connectivity index (χ4n) is 1.72. The van der Waals surface area contributed by atoms with Gasteiger partial charge in [-0.15, -0.1) is 0 Å². The number of cyclic esters (lactones) is 1. The number of aliphatic hydroxyl groups is 1. The molecule has 100 valence electrons. The maximum atomic E-state index is 11.4. The quantitative estimate of drug-likeness (QED) is 0.669. The van der Waals surface area contributed by atoms with E-state index in [-0.39, 0.29) is 30.7 Å². The summed E-state index contributed by atoms with van der Waals surface area (Å²) in [6.07, 6.45) is 8.07. The minimum atomic E-state index is -0.518. The van der Waals surface area contributed by atoms with Crippen LogP contribution in [-0.4, -0.2) is 29.1 Å². The molecule has 0 spiro atoms. The normalized spacial score (nSPS) is 31.2. The Morgan fingerprint density at radius 3 is 2.78 bits per heavy atom. The Kier molecular flexibility index (Phi) is 6.36. The van der Waals surface area contributed by atoms with Crippen LogP contribution in [0.2, 0.25) is 0 Å². The summed E-state index contributed by atoms with van der Waals surface area (Å²) < 4.78 is 5.16. The Labute approximate surface area is 107 Å². The number of ether oxygens (including phenoxy) is 1. The topological polar surface area (TPSA) is 63.6 Å². The first-order valence-corrected chi connectivity index (χ1v) is 6.33. The molecule has 2 atom stereocenters. The Bertz CT molecular complexity index is 344. The smallest absolute Gasteiger partial charge is 0.306 e. The van der Waals surface area contributed by atoms with E-state index in [1.807, 2.05) is 6.92 Å². The van der Waals surface area contributed by atoms with E-state index < -0.39 is 6.10 Å². The minimum absolute atomic E-state index is 0.115. The van der Waals surface area contributed by atoms with Crippen LogP contribution in [0.25, 0.3) is 0 Å². The van der Waals surface area contributed by atoms with Gasteiger partial charge < -0.3 is 9.84 Å². The highest BCUT2D eigenvalue weighted by Gasteiger charge is 2.11. The molecular formula is C14H20O4. The molecular weight excluding hydrogens is 232 g/mol. The van der Waals surface area contributed by atoms with Crippen molar-refractivity contribution < 1.29 is 19.4 Å². The van der Waals surface area contributed by atoms with E-state index in [9.17, 15) is 14.7 Å². The molecule has 4 heteroatoms. The van der Waals surface area contributed by atoms with Crippen LogP contribution in [0.1, 0.15) is 39.0 Å². The van der Waals surface area contributed by atoms with Gasteiger partial charge in [0.2, 0.25) is 0 Å². The highest BCUT2D eigenvalue weighted by Crippen LogP contribution is 2.10. The SMILES string of the molecule is C[C@H]1CCC[C@@H](O)/C=C\C=C/C(=O)CCC(=O)O1. The molecule has 1 aliphatic rings. The Balaban J connectivity index is 2.60. The van der Waals surface area contributed by atoms with Gasteiger partial charge in [0.1, 0.15) is 0 Å². The van der Waals surface area contributed by atoms with Crippen molar-refractivity contribution >= 4 is 11.8 Å². The molecule has 0 bridgehead atoms. The second kappa shape index (κ2) is 7.82. The summed E-state index contributed by atoms with van der Waals surface area (Å²) in [6.45, 7) is 1.83. The minimum Gasteiger partial charge on any atom is -0.463 e. The Morgan fingerprint density at radius 2 is 2.00 bits per heavy atom. The maximum Gasteiger partial charge on any atom is 0.306 e. The van der Waals surface area contributed by atoms with E-state index in [1.54, 1.807) is 18.2 Å². The average molecular weight is 252 g/mol. The fourth-order valence-corrected chi connectivity index (χ4v) is 1.72. The summed E-state index contributed by atoms with van der Waals surface area (Å²) in [5, 5.41) is 9.61. The lowest BCUT2D eigenvalue weighted by Gasteiger charge is -2.13. The summed E-state index contributed by atoms with van der Waals surface area (Å²) in [5.74, 6) is -0.451. The molecule has 0 aromatic carbocycles. The lowest BCUT2D eigenvalue weighted by molar-refractivity contribution is -0.149. The van der Waals surface area contributed by atoms with Gasteiger partial charge in [-0.1, -0.05) is 18.2 Å². The summed E-state index contributed by atoms with van der Waals surface area (Å²) in [4.78, 5) is 22.8. The van der Waals surface area contributed by atoms with Crippen LogP contribution >= 0.6 is 0 Å². The molecule has 0 unspecified atom stereocenters. The van der Waals surface area contributed by atoms with Crippen LogP contribution in [0.4, 0.5) is 0 Å². The lowest BCUT2D eigenvalue weighted by atomic mass is 10.1. The molecule has 0 aromatic heterocycles. The highest BCUT2D eigenvalue weighted by molar-refractivity contribution is 5.92. The zero-order valence-electron chi connectivity index (χ0n) is 10.7. The first-order valence-electron chi connectivity index (χ1n) is 6.33. The molecule has 0 saturated heterocycles. The van der Waals surface area contributed by atoms with Gasteiger partial charge in [0, 0.05) is 6.42 Å². The van der Waals surface area contributed by atoms with Crippen molar-refractivity contribution in [3.05, 3.63) is 24.3 Å². The van der Waals surface area contributed by atoms with Crippen molar-refractivity contribution in [3.8, 4) is 0 Å². The third-order valence-corrected chi connectivity index (χ3v) is 2.75. The summed E-state index contributed by atoms with van der Waals surface area (Å²) in [5.41, 5.74) is 0. The third kappa shape index (κ3) is 6.35. The third-order valence-electron chi connectivity index (χ3n) is 2.75. The first kappa shape index (κ1) is 14.6. The van der Waals surface area contributed by atoms with Crippen LogP contribution in [0.15, 0.2) is 24.3 Å². The molecule has 18 heavy (non-hydrogen) atoms. The van der Waals surface area contributed by atoms with E-state index in [0.29, 0.717) is 6.42 Å². The van der Waals surface area contributed by atoms with Crippen LogP contribution in [-0.2, 0) is 14.3 Å². The monoisotopic (exact) mass is 252 g/mol. The largest absolute Gasteiger partial charge is 0.463 e. The number of aliphatic hydroxyl groups excluding tert-OH is 1. The summed E-state index contributed by atoms with van der Waals surface area (Å²) in [7, 11) is 0. The van der Waals surface area contributed by atoms with Crippen molar-refractivity contribution in [3.63, 3.8) is 0 Å². The van der Waals surface area contributed by atoms with Crippen LogP contribution in [0.3, 0.4) is 0 Å². The van der Waals surface area contributed by atoms with Crippen molar-refractivity contribution in [2.45, 2.75) is 51.2 Å². The van der Waals surface area contributed by atoms with Crippen LogP contribution in [0.5, 0.6) is 0 Å². The standard InChI is InChI=1S/C14H20O4/c1-11-5-4-8-12(15)6-2-3-7-13(16)9-10-14(17)18-11/h2-3,6-7,11-12,15H,4-5,8-10H2,1H3/b6-2-,7-3-/t11-,12-/m0/s1. The molecule has 0 aliphatic carbocycles. The molecule has 1 N–H and O–H groups in total. The second-order valence-corrected chi connectivity index (χ2v) is 4.51. The van der Waals surface area contributed by atoms with E-state index >= 15 is 0 Å². The van der Waals surface area contributed by atoms with E-state index in [1.165, 1.54) is 6.08 Å². The Hall–Kier alpha value is -1.42. The predicted octanol–water partition coefficient (Wildman–Crippen LogP) is 1.92. The number of carbonyl (C=O) groups excluding carboxylic acids is 2. The number of esters is 1. The fraction of sp³-hybridized carbons (Fsp3) is 0.571. The van der Waals surface area contributed by atoms with Gasteiger partial charge in [0.05, 0.1) is 18.6 Å². The zero-order chi connectivity index (χ0) is 13.4. The molecule has 1 aliphatic heterocycles. The lowest BCUT2D eigenvalue weighted by Crippen LogP contribution is -2.16. The molecule has 0 aromatic rings. The molecule has 0 fully saturated rings. The highest BCUT2D eigenvalue weighted by atomic mass is 16.5. The van der Waals surface area contributed by atoms with Gasteiger partial charge in [-0.3, -0.25) is 9.59 Å². The molecule has 0 amide bonds. The summed E-state index contributed by atoms with van der Waals surface area (Å²) >= 11 is 0. The van der Waals surface area contributed by atoms with E-state index in [4.69, 9.17) is 4.74 Å². The molecule has 4 nitrogen and oxygen atoms in total.